The van der Waals surface area contributed by atoms with E-state index in [9.17, 15) is 24.5 Å². The highest BCUT2D eigenvalue weighted by Crippen LogP contribution is 2.27. The number of hydrogen-bond acceptors (Lipinski definition) is 7. The molecular formula is C35H34N4O6S. The Morgan fingerprint density at radius 1 is 0.891 bits per heavy atom. The number of carbonyl (C=O) groups is 3. The number of nitrogens with one attached hydrogen (secondary N) is 3. The minimum absolute atomic E-state index is 0.0599. The molecule has 10 nitrogen and oxygen atoms in total. The maximum absolute atomic E-state index is 13.4. The maximum Gasteiger partial charge on any atom is 0.272 e. The van der Waals surface area contributed by atoms with Crippen molar-refractivity contribution in [3.63, 3.8) is 0 Å². The molecule has 4 aromatic carbocycles. The van der Waals surface area contributed by atoms with Crippen LogP contribution in [0.15, 0.2) is 114 Å². The van der Waals surface area contributed by atoms with Gasteiger partial charge in [-0.2, -0.15) is 0 Å². The third kappa shape index (κ3) is 10.1. The van der Waals surface area contributed by atoms with Crippen molar-refractivity contribution in [2.45, 2.75) is 36.8 Å². The molecule has 11 heteroatoms. The standard InChI is InChI=1S/C35H34N4O6S/c1-3-4-21-45-30-19-15-27(16-20-30)36-33(40)24(2)46-31-12-8-11-28(23-31)37-35(42)32(38-34(41)26-9-6-5-7-10-26)22-25-13-17-29(18-14-25)39(43)44/h5-20,22-24H,3-4,21H2,1-2H3,(H,36,40)(H,37,42)(H,38,41)/b32-22+. The largest absolute Gasteiger partial charge is 0.494 e. The highest BCUT2D eigenvalue weighted by molar-refractivity contribution is 8.00. The summed E-state index contributed by atoms with van der Waals surface area (Å²) < 4.78 is 5.67. The number of unbranched alkanes of at least 4 members (excludes halogenated alkanes) is 1. The van der Waals surface area contributed by atoms with Crippen molar-refractivity contribution in [1.29, 1.82) is 0 Å². The van der Waals surface area contributed by atoms with Crippen molar-refractivity contribution in [1.82, 2.24) is 5.32 Å². The van der Waals surface area contributed by atoms with Gasteiger partial charge in [-0.15, -0.1) is 11.8 Å². The zero-order valence-corrected chi connectivity index (χ0v) is 26.2. The molecular weight excluding hydrogens is 604 g/mol. The molecule has 0 spiro atoms. The maximum atomic E-state index is 13.4. The van der Waals surface area contributed by atoms with Crippen LogP contribution in [-0.4, -0.2) is 34.5 Å². The molecule has 4 rings (SSSR count). The Kier molecular flexibility index (Phi) is 12.1. The number of anilines is 2. The molecule has 0 fully saturated rings. The van der Waals surface area contributed by atoms with Crippen LogP contribution in [0.5, 0.6) is 5.75 Å². The van der Waals surface area contributed by atoms with Gasteiger partial charge in [0.1, 0.15) is 11.4 Å². The molecule has 0 heterocycles. The minimum atomic E-state index is -0.599. The number of benzene rings is 4. The minimum Gasteiger partial charge on any atom is -0.494 e. The Bertz CT molecular complexity index is 1690. The lowest BCUT2D eigenvalue weighted by molar-refractivity contribution is -0.384. The van der Waals surface area contributed by atoms with Gasteiger partial charge in [0.25, 0.3) is 17.5 Å². The van der Waals surface area contributed by atoms with Crippen molar-refractivity contribution in [3.8, 4) is 5.75 Å². The SMILES string of the molecule is CCCCOc1ccc(NC(=O)C(C)Sc2cccc(NC(=O)/C(=C\c3ccc([N+](=O)[O-])cc3)NC(=O)c3ccccc3)c2)cc1. The Morgan fingerprint density at radius 3 is 2.28 bits per heavy atom. The second-order valence-electron chi connectivity index (χ2n) is 10.2. The molecule has 0 aliphatic carbocycles. The van der Waals surface area contributed by atoms with E-state index < -0.39 is 22.0 Å². The quantitative estimate of drug-likeness (QED) is 0.0433. The van der Waals surface area contributed by atoms with E-state index in [1.807, 2.05) is 18.2 Å². The van der Waals surface area contributed by atoms with Gasteiger partial charge < -0.3 is 20.7 Å². The average Bonchev–Trinajstić information content (AvgIpc) is 3.06. The molecule has 4 aromatic rings. The lowest BCUT2D eigenvalue weighted by Gasteiger charge is -2.14. The molecule has 0 aliphatic heterocycles. The fourth-order valence-electron chi connectivity index (χ4n) is 4.12. The third-order valence-electron chi connectivity index (χ3n) is 6.61. The predicted molar refractivity (Wildman–Crippen MR) is 181 cm³/mol. The Balaban J connectivity index is 1.43. The summed E-state index contributed by atoms with van der Waals surface area (Å²) in [5, 5.41) is 19.0. The number of nitro benzene ring substituents is 1. The van der Waals surface area contributed by atoms with Gasteiger partial charge in [-0.25, -0.2) is 0 Å². The summed E-state index contributed by atoms with van der Waals surface area (Å²) in [6.45, 7) is 4.54. The van der Waals surface area contributed by atoms with E-state index in [4.69, 9.17) is 4.74 Å². The highest BCUT2D eigenvalue weighted by Gasteiger charge is 2.18. The number of rotatable bonds is 14. The third-order valence-corrected chi connectivity index (χ3v) is 7.70. The van der Waals surface area contributed by atoms with E-state index in [2.05, 4.69) is 22.9 Å². The van der Waals surface area contributed by atoms with E-state index in [1.54, 1.807) is 67.6 Å². The molecule has 0 aromatic heterocycles. The van der Waals surface area contributed by atoms with Crippen molar-refractivity contribution < 1.29 is 24.0 Å². The van der Waals surface area contributed by atoms with Crippen molar-refractivity contribution >= 4 is 52.6 Å². The molecule has 236 valence electrons. The number of carbonyl (C=O) groups excluding carboxylic acids is 3. The first-order valence-corrected chi connectivity index (χ1v) is 15.5. The number of ether oxygens (including phenoxy) is 1. The predicted octanol–water partition coefficient (Wildman–Crippen LogP) is 7.30. The van der Waals surface area contributed by atoms with Crippen LogP contribution in [0, 0.1) is 10.1 Å². The van der Waals surface area contributed by atoms with Crippen LogP contribution in [0.2, 0.25) is 0 Å². The number of amides is 3. The first-order valence-electron chi connectivity index (χ1n) is 14.7. The Labute approximate surface area is 271 Å². The summed E-state index contributed by atoms with van der Waals surface area (Å²) in [5.74, 6) is -0.529. The summed E-state index contributed by atoms with van der Waals surface area (Å²) >= 11 is 1.32. The lowest BCUT2D eigenvalue weighted by Crippen LogP contribution is -2.30. The van der Waals surface area contributed by atoms with Crippen LogP contribution in [0.3, 0.4) is 0 Å². The average molecular weight is 639 g/mol. The molecule has 1 atom stereocenters. The van der Waals surface area contributed by atoms with Crippen molar-refractivity contribution in [2.24, 2.45) is 0 Å². The van der Waals surface area contributed by atoms with Crippen molar-refractivity contribution in [3.05, 3.63) is 130 Å². The van der Waals surface area contributed by atoms with Crippen LogP contribution in [0.4, 0.5) is 17.1 Å². The monoisotopic (exact) mass is 638 g/mol. The molecule has 0 saturated carbocycles. The molecule has 0 radical (unpaired) electrons. The Morgan fingerprint density at radius 2 is 1.61 bits per heavy atom. The van der Waals surface area contributed by atoms with Gasteiger partial charge in [0, 0.05) is 34.0 Å². The first-order chi connectivity index (χ1) is 22.2. The molecule has 3 N–H and O–H groups in total. The number of non-ortho nitro benzene ring substituents is 1. The van der Waals surface area contributed by atoms with Crippen LogP contribution in [0.1, 0.15) is 42.6 Å². The van der Waals surface area contributed by atoms with Crippen molar-refractivity contribution in [2.75, 3.05) is 17.2 Å². The zero-order valence-electron chi connectivity index (χ0n) is 25.4. The van der Waals surface area contributed by atoms with Gasteiger partial charge in [0.15, 0.2) is 0 Å². The van der Waals surface area contributed by atoms with Gasteiger partial charge in [-0.05, 0) is 91.7 Å². The molecule has 0 bridgehead atoms. The van der Waals surface area contributed by atoms with E-state index >= 15 is 0 Å². The molecule has 0 saturated heterocycles. The molecule has 46 heavy (non-hydrogen) atoms. The van der Waals surface area contributed by atoms with E-state index in [1.165, 1.54) is 42.1 Å². The van der Waals surface area contributed by atoms with E-state index in [-0.39, 0.29) is 17.3 Å². The molecule has 0 aliphatic rings. The number of nitrogens with zero attached hydrogens (tertiary/aromatic N) is 1. The zero-order chi connectivity index (χ0) is 32.9. The Hall–Kier alpha value is -5.42. The summed E-state index contributed by atoms with van der Waals surface area (Å²) in [7, 11) is 0. The summed E-state index contributed by atoms with van der Waals surface area (Å²) in [6.07, 6.45) is 3.46. The second-order valence-corrected chi connectivity index (χ2v) is 11.6. The smallest absolute Gasteiger partial charge is 0.272 e. The molecule has 3 amide bonds. The first kappa shape index (κ1) is 33.5. The number of nitro groups is 1. The molecule has 1 unspecified atom stereocenters. The summed E-state index contributed by atoms with van der Waals surface area (Å²) in [6, 6.07) is 28.3. The van der Waals surface area contributed by atoms with Gasteiger partial charge in [0.2, 0.25) is 5.91 Å². The van der Waals surface area contributed by atoms with Gasteiger partial charge in [0.05, 0.1) is 16.8 Å². The van der Waals surface area contributed by atoms with Crippen LogP contribution in [0.25, 0.3) is 6.08 Å². The lowest BCUT2D eigenvalue weighted by atomic mass is 10.1. The summed E-state index contributed by atoms with van der Waals surface area (Å²) in [4.78, 5) is 50.5. The second kappa shape index (κ2) is 16.6. The fourth-order valence-corrected chi connectivity index (χ4v) is 5.04. The normalized spacial score (nSPS) is 11.7. The van der Waals surface area contributed by atoms with Crippen LogP contribution in [-0.2, 0) is 9.59 Å². The van der Waals surface area contributed by atoms with Crippen LogP contribution < -0.4 is 20.7 Å². The van der Waals surface area contributed by atoms with E-state index in [0.717, 1.165) is 23.5 Å². The van der Waals surface area contributed by atoms with Crippen LogP contribution >= 0.6 is 11.8 Å². The van der Waals surface area contributed by atoms with Gasteiger partial charge in [-0.1, -0.05) is 37.6 Å². The highest BCUT2D eigenvalue weighted by atomic mass is 32.2. The number of hydrogen-bond donors (Lipinski definition) is 3. The summed E-state index contributed by atoms with van der Waals surface area (Å²) in [5.41, 5.74) is 1.78. The topological polar surface area (TPSA) is 140 Å². The number of thioether (sulfide) groups is 1. The van der Waals surface area contributed by atoms with E-state index in [0.29, 0.717) is 29.1 Å². The van der Waals surface area contributed by atoms with Gasteiger partial charge in [-0.3, -0.25) is 24.5 Å². The fraction of sp³-hybridized carbons (Fsp3) is 0.171. The van der Waals surface area contributed by atoms with Gasteiger partial charge >= 0.3 is 0 Å².